The average molecular weight is 352 g/mol. The van der Waals surface area contributed by atoms with Crippen LogP contribution in [-0.2, 0) is 0 Å². The number of nitrogens with zero attached hydrogens (tertiary/aromatic N) is 3. The highest BCUT2D eigenvalue weighted by molar-refractivity contribution is 9.10. The second-order valence-electron chi connectivity index (χ2n) is 5.39. The highest BCUT2D eigenvalue weighted by Gasteiger charge is 2.22. The summed E-state index contributed by atoms with van der Waals surface area (Å²) in [5.74, 6) is 1.56. The van der Waals surface area contributed by atoms with Crippen molar-refractivity contribution in [1.82, 2.24) is 9.36 Å². The van der Waals surface area contributed by atoms with Gasteiger partial charge in [-0.25, -0.2) is 4.98 Å². The summed E-state index contributed by atoms with van der Waals surface area (Å²) in [4.78, 5) is 6.85. The zero-order valence-corrected chi connectivity index (χ0v) is 14.2. The van der Waals surface area contributed by atoms with Gasteiger partial charge in [-0.1, -0.05) is 28.1 Å². The molecule has 106 valence electrons. The minimum absolute atomic E-state index is 0.673. The molecular formula is C15H18BrN3S. The van der Waals surface area contributed by atoms with Crippen LogP contribution in [0.25, 0.3) is 0 Å². The third-order valence-corrected chi connectivity index (χ3v) is 5.69. The minimum Gasteiger partial charge on any atom is -0.347 e. The van der Waals surface area contributed by atoms with Crippen LogP contribution in [0.4, 0.5) is 5.13 Å². The highest BCUT2D eigenvalue weighted by atomic mass is 79.9. The van der Waals surface area contributed by atoms with Crippen molar-refractivity contribution in [2.45, 2.75) is 32.6 Å². The fourth-order valence-corrected chi connectivity index (χ4v) is 3.71. The molecule has 1 aromatic heterocycles. The second kappa shape index (κ2) is 5.82. The molecule has 0 atom stereocenters. The predicted octanol–water partition coefficient (Wildman–Crippen LogP) is 4.30. The van der Waals surface area contributed by atoms with E-state index in [1.165, 1.54) is 40.0 Å². The van der Waals surface area contributed by atoms with Gasteiger partial charge in [-0.05, 0) is 49.8 Å². The SMILES string of the molecule is Cc1nsc(N2CCC(c3ccc(Br)c(C)c3)CC2)n1. The molecule has 1 aliphatic heterocycles. The first-order valence-corrected chi connectivity index (χ1v) is 8.51. The lowest BCUT2D eigenvalue weighted by Crippen LogP contribution is -2.32. The normalized spacial score (nSPS) is 16.6. The van der Waals surface area contributed by atoms with Crippen LogP contribution in [0.5, 0.6) is 0 Å². The van der Waals surface area contributed by atoms with Crippen LogP contribution in [0.2, 0.25) is 0 Å². The Morgan fingerprint density at radius 1 is 1.25 bits per heavy atom. The van der Waals surface area contributed by atoms with E-state index in [0.29, 0.717) is 5.92 Å². The first kappa shape index (κ1) is 14.0. The lowest BCUT2D eigenvalue weighted by molar-refractivity contribution is 0.504. The Hall–Kier alpha value is -0.940. The number of aromatic nitrogens is 2. The number of anilines is 1. The van der Waals surface area contributed by atoms with Crippen molar-refractivity contribution < 1.29 is 0 Å². The van der Waals surface area contributed by atoms with Gasteiger partial charge in [0, 0.05) is 29.1 Å². The lowest BCUT2D eigenvalue weighted by atomic mass is 9.89. The summed E-state index contributed by atoms with van der Waals surface area (Å²) in [6, 6.07) is 6.75. The summed E-state index contributed by atoms with van der Waals surface area (Å²) in [6.45, 7) is 6.27. The molecule has 0 saturated carbocycles. The van der Waals surface area contributed by atoms with E-state index in [4.69, 9.17) is 0 Å². The van der Waals surface area contributed by atoms with Crippen molar-refractivity contribution >= 4 is 32.6 Å². The molecule has 0 amide bonds. The molecule has 0 aliphatic carbocycles. The molecule has 1 fully saturated rings. The molecule has 0 bridgehead atoms. The molecule has 2 heterocycles. The van der Waals surface area contributed by atoms with E-state index >= 15 is 0 Å². The average Bonchev–Trinajstić information content (AvgIpc) is 2.89. The number of benzene rings is 1. The molecule has 1 saturated heterocycles. The first-order valence-electron chi connectivity index (χ1n) is 6.95. The van der Waals surface area contributed by atoms with E-state index in [1.54, 1.807) is 0 Å². The number of hydrogen-bond donors (Lipinski definition) is 0. The maximum atomic E-state index is 4.48. The van der Waals surface area contributed by atoms with Gasteiger partial charge in [0.1, 0.15) is 5.82 Å². The number of hydrogen-bond acceptors (Lipinski definition) is 4. The topological polar surface area (TPSA) is 29.0 Å². The summed E-state index contributed by atoms with van der Waals surface area (Å²) in [5.41, 5.74) is 2.79. The van der Waals surface area contributed by atoms with Crippen molar-refractivity contribution in [3.05, 3.63) is 39.6 Å². The quantitative estimate of drug-likeness (QED) is 0.807. The van der Waals surface area contributed by atoms with Crippen LogP contribution in [0.3, 0.4) is 0 Å². The van der Waals surface area contributed by atoms with Crippen molar-refractivity contribution in [1.29, 1.82) is 0 Å². The molecule has 0 unspecified atom stereocenters. The molecule has 0 radical (unpaired) electrons. The van der Waals surface area contributed by atoms with Gasteiger partial charge in [0.05, 0.1) is 0 Å². The number of aryl methyl sites for hydroxylation is 2. The number of piperidine rings is 1. The molecule has 0 N–H and O–H groups in total. The van der Waals surface area contributed by atoms with Gasteiger partial charge >= 0.3 is 0 Å². The molecule has 1 aromatic carbocycles. The largest absolute Gasteiger partial charge is 0.347 e. The third-order valence-electron chi connectivity index (χ3n) is 3.94. The van der Waals surface area contributed by atoms with Crippen LogP contribution in [0, 0.1) is 13.8 Å². The Labute approximate surface area is 132 Å². The van der Waals surface area contributed by atoms with Crippen LogP contribution < -0.4 is 4.90 Å². The van der Waals surface area contributed by atoms with Gasteiger partial charge in [0.15, 0.2) is 0 Å². The van der Waals surface area contributed by atoms with Gasteiger partial charge < -0.3 is 4.90 Å². The molecular weight excluding hydrogens is 334 g/mol. The predicted molar refractivity (Wildman–Crippen MR) is 87.7 cm³/mol. The summed E-state index contributed by atoms with van der Waals surface area (Å²) in [5, 5.41) is 1.08. The Morgan fingerprint density at radius 3 is 2.60 bits per heavy atom. The summed E-state index contributed by atoms with van der Waals surface area (Å²) in [7, 11) is 0. The Balaban J connectivity index is 1.67. The fourth-order valence-electron chi connectivity index (χ4n) is 2.74. The van der Waals surface area contributed by atoms with Crippen molar-refractivity contribution in [2.24, 2.45) is 0 Å². The Morgan fingerprint density at radius 2 is 2.00 bits per heavy atom. The molecule has 20 heavy (non-hydrogen) atoms. The van der Waals surface area contributed by atoms with Crippen molar-refractivity contribution in [3.63, 3.8) is 0 Å². The maximum Gasteiger partial charge on any atom is 0.205 e. The molecule has 3 nitrogen and oxygen atoms in total. The van der Waals surface area contributed by atoms with Crippen LogP contribution in [0.1, 0.15) is 35.7 Å². The smallest absolute Gasteiger partial charge is 0.205 e. The van der Waals surface area contributed by atoms with E-state index in [9.17, 15) is 0 Å². The van der Waals surface area contributed by atoms with E-state index in [1.807, 2.05) is 6.92 Å². The summed E-state index contributed by atoms with van der Waals surface area (Å²) >= 11 is 5.09. The fraction of sp³-hybridized carbons (Fsp3) is 0.467. The zero-order valence-electron chi connectivity index (χ0n) is 11.8. The van der Waals surface area contributed by atoms with Gasteiger partial charge in [-0.3, -0.25) is 0 Å². The first-order chi connectivity index (χ1) is 9.63. The monoisotopic (exact) mass is 351 g/mol. The molecule has 5 heteroatoms. The maximum absolute atomic E-state index is 4.48. The van der Waals surface area contributed by atoms with Crippen LogP contribution >= 0.6 is 27.5 Å². The zero-order chi connectivity index (χ0) is 14.1. The van der Waals surface area contributed by atoms with Gasteiger partial charge in [-0.2, -0.15) is 4.37 Å². The Kier molecular flexibility index (Phi) is 4.08. The molecule has 0 spiro atoms. The van der Waals surface area contributed by atoms with E-state index in [0.717, 1.165) is 24.0 Å². The van der Waals surface area contributed by atoms with Gasteiger partial charge in [-0.15, -0.1) is 0 Å². The number of halogens is 1. The molecule has 1 aliphatic rings. The number of rotatable bonds is 2. The molecule has 2 aromatic rings. The molecule has 3 rings (SSSR count). The third kappa shape index (κ3) is 2.88. The van der Waals surface area contributed by atoms with E-state index < -0.39 is 0 Å². The standard InChI is InChI=1S/C15H18BrN3S/c1-10-9-13(3-4-14(10)16)12-5-7-19(8-6-12)15-17-11(2)18-20-15/h3-4,9,12H,5-8H2,1-2H3. The van der Waals surface area contributed by atoms with Gasteiger partial charge in [0.25, 0.3) is 0 Å². The van der Waals surface area contributed by atoms with Crippen LogP contribution in [0.15, 0.2) is 22.7 Å². The summed E-state index contributed by atoms with van der Waals surface area (Å²) in [6.07, 6.45) is 2.39. The van der Waals surface area contributed by atoms with Crippen molar-refractivity contribution in [3.8, 4) is 0 Å². The second-order valence-corrected chi connectivity index (χ2v) is 6.98. The lowest BCUT2D eigenvalue weighted by Gasteiger charge is -2.31. The summed E-state index contributed by atoms with van der Waals surface area (Å²) < 4.78 is 5.47. The Bertz CT molecular complexity index is 603. The van der Waals surface area contributed by atoms with Gasteiger partial charge in [0.2, 0.25) is 5.13 Å². The highest BCUT2D eigenvalue weighted by Crippen LogP contribution is 2.32. The van der Waals surface area contributed by atoms with Crippen LogP contribution in [-0.4, -0.2) is 22.4 Å². The van der Waals surface area contributed by atoms with E-state index in [2.05, 4.69) is 55.3 Å². The van der Waals surface area contributed by atoms with E-state index in [-0.39, 0.29) is 0 Å². The van der Waals surface area contributed by atoms with Crippen molar-refractivity contribution in [2.75, 3.05) is 18.0 Å². The minimum atomic E-state index is 0.673.